The molecule has 0 rings (SSSR count). The third-order valence-electron chi connectivity index (χ3n) is 2.59. The first-order valence-corrected chi connectivity index (χ1v) is 7.43. The van der Waals surface area contributed by atoms with E-state index in [-0.39, 0.29) is 17.6 Å². The van der Waals surface area contributed by atoms with E-state index in [9.17, 15) is 9.59 Å². The van der Waals surface area contributed by atoms with Gasteiger partial charge in [-0.25, -0.2) is 0 Å². The van der Waals surface area contributed by atoms with Crippen molar-refractivity contribution in [2.45, 2.75) is 51.4 Å². The first kappa shape index (κ1) is 16.8. The Morgan fingerprint density at radius 2 is 1.76 bits per heavy atom. The molecule has 0 aliphatic rings. The quantitative estimate of drug-likeness (QED) is 0.507. The first-order valence-electron chi connectivity index (χ1n) is 5.56. The highest BCUT2D eigenvalue weighted by Crippen LogP contribution is 2.29. The minimum Gasteiger partial charge on any atom is -0.345 e. The number of rotatable bonds is 6. The molecule has 1 amide bonds. The van der Waals surface area contributed by atoms with E-state index in [1.165, 1.54) is 10.8 Å². The van der Waals surface area contributed by atoms with Crippen molar-refractivity contribution in [3.63, 3.8) is 0 Å². The number of nitrogens with one attached hydrogen (secondary N) is 1. The summed E-state index contributed by atoms with van der Waals surface area (Å²) in [4.78, 5) is 23.7. The van der Waals surface area contributed by atoms with Gasteiger partial charge in [0.05, 0.1) is 16.8 Å². The fourth-order valence-electron chi connectivity index (χ4n) is 1.24. The summed E-state index contributed by atoms with van der Waals surface area (Å²) in [7, 11) is 1.17. The zero-order valence-corrected chi connectivity index (χ0v) is 12.7. The molecule has 0 aromatic carbocycles. The molecule has 0 radical (unpaired) electrons. The predicted molar refractivity (Wildman–Crippen MR) is 76.1 cm³/mol. The summed E-state index contributed by atoms with van der Waals surface area (Å²) in [5.74, 6) is -0.313. The van der Waals surface area contributed by atoms with Crippen molar-refractivity contribution in [1.29, 1.82) is 0 Å². The zero-order valence-electron chi connectivity index (χ0n) is 11.0. The van der Waals surface area contributed by atoms with Gasteiger partial charge in [0.2, 0.25) is 5.91 Å². The molecule has 0 heterocycles. The minimum absolute atomic E-state index is 0.0459. The normalized spacial score (nSPS) is 15.5. The van der Waals surface area contributed by atoms with Crippen molar-refractivity contribution in [3.05, 3.63) is 0 Å². The van der Waals surface area contributed by atoms with E-state index in [0.717, 1.165) is 0 Å². The molecule has 17 heavy (non-hydrogen) atoms. The molecule has 2 atom stereocenters. The number of Topliss-reactive ketones (excluding diaryl/α,β-unsaturated/α-hetero) is 1. The van der Waals surface area contributed by atoms with E-state index < -0.39 is 16.8 Å². The summed E-state index contributed by atoms with van der Waals surface area (Å²) in [6.07, 6.45) is 0. The van der Waals surface area contributed by atoms with Crippen LogP contribution in [0.5, 0.6) is 0 Å². The van der Waals surface area contributed by atoms with Crippen molar-refractivity contribution >= 4 is 34.1 Å². The maximum atomic E-state index is 12.0. The van der Waals surface area contributed by atoms with Crippen LogP contribution in [0.2, 0.25) is 0 Å². The molecular formula is C11H22N2O2S2. The van der Waals surface area contributed by atoms with E-state index in [4.69, 9.17) is 5.73 Å². The van der Waals surface area contributed by atoms with Crippen LogP contribution in [0.1, 0.15) is 34.6 Å². The molecule has 0 bridgehead atoms. The van der Waals surface area contributed by atoms with E-state index in [2.05, 4.69) is 17.0 Å². The summed E-state index contributed by atoms with van der Waals surface area (Å²) < 4.78 is -0.627. The van der Waals surface area contributed by atoms with Crippen LogP contribution in [0.25, 0.3) is 0 Å². The Morgan fingerprint density at radius 3 is 2.12 bits per heavy atom. The molecule has 0 fully saturated rings. The molecule has 0 aromatic heterocycles. The van der Waals surface area contributed by atoms with Gasteiger partial charge in [-0.3, -0.25) is 9.59 Å². The van der Waals surface area contributed by atoms with Gasteiger partial charge in [0, 0.05) is 0 Å². The van der Waals surface area contributed by atoms with Crippen LogP contribution in [0, 0.1) is 5.92 Å². The second kappa shape index (κ2) is 6.66. The lowest BCUT2D eigenvalue weighted by Crippen LogP contribution is -2.52. The Labute approximate surface area is 112 Å². The summed E-state index contributed by atoms with van der Waals surface area (Å²) in [6.45, 7) is 8.95. The number of amides is 1. The fourth-order valence-corrected chi connectivity index (χ4v) is 1.78. The Kier molecular flexibility index (Phi) is 6.58. The number of hydrogen-bond acceptors (Lipinski definition) is 5. The number of nitrogens with two attached hydrogens (primary N) is 1. The maximum Gasteiger partial charge on any atom is 0.237 e. The average Bonchev–Trinajstić information content (AvgIpc) is 2.26. The highest BCUT2D eigenvalue weighted by Gasteiger charge is 2.32. The maximum absolute atomic E-state index is 12.0. The largest absolute Gasteiger partial charge is 0.345 e. The standard InChI is InChI=1S/C11H22N2O2S2/c1-6(2)8(12)10(15)13-7(3)9(14)11(4,5)17-16/h6-8,16H,12H2,1-5H3,(H,13,15). The monoisotopic (exact) mass is 278 g/mol. The molecular weight excluding hydrogens is 256 g/mol. The molecule has 2 unspecified atom stereocenters. The SMILES string of the molecule is CC(NC(=O)C(N)C(C)C)C(=O)C(C)(C)SS. The van der Waals surface area contributed by atoms with E-state index in [1.54, 1.807) is 20.8 Å². The molecule has 0 spiro atoms. The van der Waals surface area contributed by atoms with E-state index in [1.807, 2.05) is 13.8 Å². The molecule has 0 saturated carbocycles. The first-order chi connectivity index (χ1) is 7.63. The topological polar surface area (TPSA) is 72.2 Å². The Balaban J connectivity index is 4.51. The molecule has 0 saturated heterocycles. The van der Waals surface area contributed by atoms with E-state index >= 15 is 0 Å². The van der Waals surface area contributed by atoms with Gasteiger partial charge in [0.25, 0.3) is 0 Å². The van der Waals surface area contributed by atoms with Crippen molar-refractivity contribution in [3.8, 4) is 0 Å². The lowest BCUT2D eigenvalue weighted by atomic mass is 10.00. The minimum atomic E-state index is -0.627. The number of ketones is 1. The summed E-state index contributed by atoms with van der Waals surface area (Å²) in [5.41, 5.74) is 5.71. The van der Waals surface area contributed by atoms with Crippen molar-refractivity contribution in [2.24, 2.45) is 11.7 Å². The van der Waals surface area contributed by atoms with Gasteiger partial charge < -0.3 is 11.1 Å². The van der Waals surface area contributed by atoms with Gasteiger partial charge in [-0.1, -0.05) is 24.6 Å². The van der Waals surface area contributed by atoms with Gasteiger partial charge in [0.15, 0.2) is 5.78 Å². The summed E-state index contributed by atoms with van der Waals surface area (Å²) in [5, 5.41) is 2.64. The van der Waals surface area contributed by atoms with Crippen molar-refractivity contribution in [2.75, 3.05) is 0 Å². The van der Waals surface area contributed by atoms with Crippen molar-refractivity contribution in [1.82, 2.24) is 5.32 Å². The van der Waals surface area contributed by atoms with Crippen LogP contribution in [0.15, 0.2) is 0 Å². The van der Waals surface area contributed by atoms with Crippen LogP contribution < -0.4 is 11.1 Å². The molecule has 0 aromatic rings. The second-order valence-corrected chi connectivity index (χ2v) is 6.72. The van der Waals surface area contributed by atoms with Crippen LogP contribution in [-0.2, 0) is 9.59 Å². The lowest BCUT2D eigenvalue weighted by Gasteiger charge is -2.25. The number of hydrogen-bond donors (Lipinski definition) is 3. The van der Waals surface area contributed by atoms with Gasteiger partial charge in [-0.2, -0.15) is 0 Å². The fraction of sp³-hybridized carbons (Fsp3) is 0.818. The Hall–Kier alpha value is -0.200. The lowest BCUT2D eigenvalue weighted by molar-refractivity contribution is -0.129. The predicted octanol–water partition coefficient (Wildman–Crippen LogP) is 1.40. The highest BCUT2D eigenvalue weighted by atomic mass is 33.1. The second-order valence-electron chi connectivity index (χ2n) is 4.97. The molecule has 4 nitrogen and oxygen atoms in total. The highest BCUT2D eigenvalue weighted by molar-refractivity contribution is 8.69. The van der Waals surface area contributed by atoms with Gasteiger partial charge >= 0.3 is 0 Å². The molecule has 0 aliphatic heterocycles. The number of carbonyl (C=O) groups excluding carboxylic acids is 2. The molecule has 100 valence electrons. The number of carbonyl (C=O) groups is 2. The number of thiol groups is 1. The van der Waals surface area contributed by atoms with Crippen LogP contribution in [-0.4, -0.2) is 28.5 Å². The third kappa shape index (κ3) is 4.89. The van der Waals surface area contributed by atoms with Gasteiger partial charge in [0.1, 0.15) is 0 Å². The van der Waals surface area contributed by atoms with Crippen LogP contribution >= 0.6 is 22.5 Å². The molecule has 0 aliphatic carbocycles. The summed E-state index contributed by atoms with van der Waals surface area (Å²) >= 11 is 4.06. The molecule has 6 heteroatoms. The van der Waals surface area contributed by atoms with Gasteiger partial charge in [-0.15, -0.1) is 11.7 Å². The zero-order chi connectivity index (χ0) is 13.8. The van der Waals surface area contributed by atoms with Crippen LogP contribution in [0.4, 0.5) is 0 Å². The summed E-state index contributed by atoms with van der Waals surface area (Å²) in [6, 6.07) is -1.14. The van der Waals surface area contributed by atoms with Gasteiger partial charge in [-0.05, 0) is 26.7 Å². The van der Waals surface area contributed by atoms with E-state index in [0.29, 0.717) is 0 Å². The average molecular weight is 278 g/mol. The Morgan fingerprint density at radius 1 is 1.29 bits per heavy atom. The third-order valence-corrected chi connectivity index (χ3v) is 4.62. The van der Waals surface area contributed by atoms with Crippen LogP contribution in [0.3, 0.4) is 0 Å². The Bertz CT molecular complexity index is 293. The van der Waals surface area contributed by atoms with Crippen molar-refractivity contribution < 1.29 is 9.59 Å². The smallest absolute Gasteiger partial charge is 0.237 e. The molecule has 3 N–H and O–H groups in total.